The van der Waals surface area contributed by atoms with Crippen LogP contribution in [-0.2, 0) is 15.1 Å². The second-order valence-corrected chi connectivity index (χ2v) is 7.10. The summed E-state index contributed by atoms with van der Waals surface area (Å²) in [5, 5.41) is 11.6. The van der Waals surface area contributed by atoms with E-state index in [0.29, 0.717) is 11.1 Å². The molecular formula is C22H27NO3. The van der Waals surface area contributed by atoms with Crippen LogP contribution in [0.3, 0.4) is 0 Å². The molecule has 2 aromatic carbocycles. The Bertz CT molecular complexity index is 774. The smallest absolute Gasteiger partial charge is 0.348 e. The van der Waals surface area contributed by atoms with E-state index in [-0.39, 0.29) is 6.10 Å². The quantitative estimate of drug-likeness (QED) is 0.839. The minimum atomic E-state index is -1.81. The highest BCUT2D eigenvalue weighted by Crippen LogP contribution is 2.34. The van der Waals surface area contributed by atoms with Crippen LogP contribution < -0.4 is 0 Å². The van der Waals surface area contributed by atoms with Gasteiger partial charge in [0.25, 0.3) is 0 Å². The molecule has 0 saturated carbocycles. The fourth-order valence-corrected chi connectivity index (χ4v) is 3.70. The summed E-state index contributed by atoms with van der Waals surface area (Å²) in [4.78, 5) is 15.4. The van der Waals surface area contributed by atoms with Crippen LogP contribution in [0.25, 0.3) is 0 Å². The molecule has 1 N–H and O–H groups in total. The molecule has 1 saturated heterocycles. The van der Waals surface area contributed by atoms with Crippen molar-refractivity contribution in [3.05, 3.63) is 70.8 Å². The van der Waals surface area contributed by atoms with Crippen molar-refractivity contribution < 1.29 is 14.6 Å². The molecule has 0 bridgehead atoms. The largest absolute Gasteiger partial charge is 0.458 e. The maximum absolute atomic E-state index is 13.2. The van der Waals surface area contributed by atoms with Crippen LogP contribution in [-0.4, -0.2) is 41.7 Å². The summed E-state index contributed by atoms with van der Waals surface area (Å²) in [7, 11) is 0. The van der Waals surface area contributed by atoms with Crippen molar-refractivity contribution in [3.63, 3.8) is 0 Å². The van der Waals surface area contributed by atoms with E-state index in [1.165, 1.54) is 0 Å². The Morgan fingerprint density at radius 1 is 1.23 bits per heavy atom. The molecule has 0 unspecified atom stereocenters. The number of esters is 1. The molecular weight excluding hydrogens is 326 g/mol. The van der Waals surface area contributed by atoms with E-state index in [1.807, 2.05) is 50.2 Å². The molecule has 0 aliphatic carbocycles. The van der Waals surface area contributed by atoms with Crippen LogP contribution in [0.1, 0.15) is 35.6 Å². The van der Waals surface area contributed by atoms with Crippen LogP contribution in [0, 0.1) is 13.8 Å². The van der Waals surface area contributed by atoms with Gasteiger partial charge in [-0.25, -0.2) is 4.79 Å². The average Bonchev–Trinajstić information content (AvgIpc) is 3.09. The SMILES string of the molecule is CCN1CC[C@H](OC(=O)[C@@](O)(c2ccccc2)c2ccc(C)cc2C)C1. The van der Waals surface area contributed by atoms with Crippen LogP contribution >= 0.6 is 0 Å². The van der Waals surface area contributed by atoms with Crippen LogP contribution in [0.15, 0.2) is 48.5 Å². The zero-order chi connectivity index (χ0) is 18.7. The first-order chi connectivity index (χ1) is 12.4. The second kappa shape index (κ2) is 7.60. The Hall–Kier alpha value is -2.17. The summed E-state index contributed by atoms with van der Waals surface area (Å²) >= 11 is 0. The predicted molar refractivity (Wildman–Crippen MR) is 102 cm³/mol. The number of rotatable bonds is 5. The molecule has 2 aromatic rings. The van der Waals surface area contributed by atoms with E-state index in [0.717, 1.165) is 37.2 Å². The van der Waals surface area contributed by atoms with E-state index in [1.54, 1.807) is 12.1 Å². The fourth-order valence-electron chi connectivity index (χ4n) is 3.70. The number of carbonyl (C=O) groups excluding carboxylic acids is 1. The van der Waals surface area contributed by atoms with Crippen LogP contribution in [0.2, 0.25) is 0 Å². The molecule has 26 heavy (non-hydrogen) atoms. The van der Waals surface area contributed by atoms with Crippen molar-refractivity contribution in [3.8, 4) is 0 Å². The van der Waals surface area contributed by atoms with Gasteiger partial charge in [0.05, 0.1) is 0 Å². The third-order valence-electron chi connectivity index (χ3n) is 5.21. The van der Waals surface area contributed by atoms with Crippen molar-refractivity contribution >= 4 is 5.97 Å². The number of aryl methyl sites for hydroxylation is 2. The molecule has 4 nitrogen and oxygen atoms in total. The molecule has 0 radical (unpaired) electrons. The van der Waals surface area contributed by atoms with Gasteiger partial charge in [0.2, 0.25) is 5.60 Å². The monoisotopic (exact) mass is 353 g/mol. The summed E-state index contributed by atoms with van der Waals surface area (Å²) in [5.74, 6) is -0.599. The summed E-state index contributed by atoms with van der Waals surface area (Å²) in [5.41, 5.74) is 1.25. The molecule has 1 aliphatic heterocycles. The number of hydrogen-bond acceptors (Lipinski definition) is 4. The number of ether oxygens (including phenoxy) is 1. The van der Waals surface area contributed by atoms with E-state index in [2.05, 4.69) is 11.8 Å². The number of likely N-dealkylation sites (N-methyl/N-ethyl adjacent to an activating group) is 1. The van der Waals surface area contributed by atoms with Gasteiger partial charge in [0.15, 0.2) is 0 Å². The molecule has 1 heterocycles. The topological polar surface area (TPSA) is 49.8 Å². The molecule has 0 amide bonds. The Kier molecular flexibility index (Phi) is 5.44. The lowest BCUT2D eigenvalue weighted by molar-refractivity contribution is -0.167. The molecule has 2 atom stereocenters. The number of aliphatic hydroxyl groups is 1. The zero-order valence-corrected chi connectivity index (χ0v) is 15.7. The molecule has 0 aromatic heterocycles. The Morgan fingerprint density at radius 3 is 2.58 bits per heavy atom. The van der Waals surface area contributed by atoms with Gasteiger partial charge < -0.3 is 9.84 Å². The Balaban J connectivity index is 1.97. The Labute approximate surface area is 155 Å². The number of nitrogens with zero attached hydrogens (tertiary/aromatic N) is 1. The van der Waals surface area contributed by atoms with Crippen LogP contribution in [0.4, 0.5) is 0 Å². The molecule has 1 aliphatic rings. The Morgan fingerprint density at radius 2 is 1.96 bits per heavy atom. The normalized spacial score (nSPS) is 19.9. The van der Waals surface area contributed by atoms with Crippen molar-refractivity contribution in [1.82, 2.24) is 4.90 Å². The number of benzene rings is 2. The highest BCUT2D eigenvalue weighted by Gasteiger charge is 2.44. The van der Waals surface area contributed by atoms with Gasteiger partial charge in [0.1, 0.15) is 6.10 Å². The van der Waals surface area contributed by atoms with Crippen LogP contribution in [0.5, 0.6) is 0 Å². The maximum atomic E-state index is 13.2. The first-order valence-corrected chi connectivity index (χ1v) is 9.24. The molecule has 0 spiro atoms. The van der Waals surface area contributed by atoms with Gasteiger partial charge in [-0.1, -0.05) is 61.0 Å². The number of likely N-dealkylation sites (tertiary alicyclic amines) is 1. The second-order valence-electron chi connectivity index (χ2n) is 7.10. The molecule has 4 heteroatoms. The van der Waals surface area contributed by atoms with Gasteiger partial charge >= 0.3 is 5.97 Å². The van der Waals surface area contributed by atoms with Crippen molar-refractivity contribution in [2.75, 3.05) is 19.6 Å². The van der Waals surface area contributed by atoms with E-state index in [4.69, 9.17) is 4.74 Å². The minimum Gasteiger partial charge on any atom is -0.458 e. The lowest BCUT2D eigenvalue weighted by atomic mass is 9.83. The highest BCUT2D eigenvalue weighted by molar-refractivity contribution is 5.86. The zero-order valence-electron chi connectivity index (χ0n) is 15.7. The van der Waals surface area contributed by atoms with E-state index >= 15 is 0 Å². The van der Waals surface area contributed by atoms with Gasteiger partial charge in [-0.15, -0.1) is 0 Å². The predicted octanol–water partition coefficient (Wildman–Crippen LogP) is 3.18. The third kappa shape index (κ3) is 3.53. The first-order valence-electron chi connectivity index (χ1n) is 9.24. The fraction of sp³-hybridized carbons (Fsp3) is 0.409. The maximum Gasteiger partial charge on any atom is 0.348 e. The number of hydrogen-bond donors (Lipinski definition) is 1. The van der Waals surface area contributed by atoms with Crippen molar-refractivity contribution in [2.24, 2.45) is 0 Å². The van der Waals surface area contributed by atoms with Gasteiger partial charge in [0, 0.05) is 18.7 Å². The average molecular weight is 353 g/mol. The van der Waals surface area contributed by atoms with E-state index in [9.17, 15) is 9.90 Å². The number of carbonyl (C=O) groups is 1. The lowest BCUT2D eigenvalue weighted by Gasteiger charge is -2.30. The standard InChI is InChI=1S/C22H27NO3/c1-4-23-13-12-19(15-23)26-21(24)22(25,18-8-6-5-7-9-18)20-11-10-16(2)14-17(20)3/h5-11,14,19,25H,4,12-13,15H2,1-3H3/t19-,22+/m0/s1. The van der Waals surface area contributed by atoms with Gasteiger partial charge in [-0.3, -0.25) is 4.90 Å². The minimum absolute atomic E-state index is 0.177. The first kappa shape index (κ1) is 18.6. The van der Waals surface area contributed by atoms with E-state index < -0.39 is 11.6 Å². The molecule has 138 valence electrons. The van der Waals surface area contributed by atoms with Crippen molar-refractivity contribution in [2.45, 2.75) is 38.9 Å². The van der Waals surface area contributed by atoms with Gasteiger partial charge in [-0.05, 0) is 37.9 Å². The van der Waals surface area contributed by atoms with Gasteiger partial charge in [-0.2, -0.15) is 0 Å². The summed E-state index contributed by atoms with van der Waals surface area (Å²) < 4.78 is 5.77. The summed E-state index contributed by atoms with van der Waals surface area (Å²) in [6.45, 7) is 8.59. The summed E-state index contributed by atoms with van der Waals surface area (Å²) in [6.07, 6.45) is 0.626. The molecule has 3 rings (SSSR count). The molecule has 1 fully saturated rings. The lowest BCUT2D eigenvalue weighted by Crippen LogP contribution is -2.41. The van der Waals surface area contributed by atoms with Crippen molar-refractivity contribution in [1.29, 1.82) is 0 Å². The third-order valence-corrected chi connectivity index (χ3v) is 5.21. The highest BCUT2D eigenvalue weighted by atomic mass is 16.6. The summed E-state index contributed by atoms with van der Waals surface area (Å²) in [6, 6.07) is 14.8.